The third-order valence-corrected chi connectivity index (χ3v) is 13.0. The summed E-state index contributed by atoms with van der Waals surface area (Å²) in [4.78, 5) is 31.1. The third kappa shape index (κ3) is 5.64. The lowest BCUT2D eigenvalue weighted by atomic mass is 10.1. The lowest BCUT2D eigenvalue weighted by molar-refractivity contribution is 0.950. The summed E-state index contributed by atoms with van der Waals surface area (Å²) in [5, 5.41) is 4.10. The summed E-state index contributed by atoms with van der Waals surface area (Å²) in [5.41, 5.74) is 10.6. The highest BCUT2D eigenvalue weighted by Gasteiger charge is 2.21. The summed E-state index contributed by atoms with van der Waals surface area (Å²) in [7, 11) is 2.06. The Morgan fingerprint density at radius 3 is 1.56 bits per heavy atom. The Morgan fingerprint density at radius 2 is 0.932 bits per heavy atom. The molecule has 0 unspecified atom stereocenters. The van der Waals surface area contributed by atoms with Crippen LogP contribution in [0.1, 0.15) is 0 Å². The number of rotatable bonds is 6. The first kappa shape index (κ1) is 33.7. The second kappa shape index (κ2) is 13.3. The van der Waals surface area contributed by atoms with Crippen LogP contribution in [0.5, 0.6) is 0 Å². The second-order valence-electron chi connectivity index (χ2n) is 14.5. The van der Waals surface area contributed by atoms with E-state index in [4.69, 9.17) is 29.9 Å². The molecule has 10 heteroatoms. The fourth-order valence-corrected chi connectivity index (χ4v) is 9.94. The minimum Gasteiger partial charge on any atom is -0.327 e. The van der Waals surface area contributed by atoms with Crippen molar-refractivity contribution >= 4 is 75.9 Å². The number of fused-ring (bicyclic) bond motifs is 6. The number of thiazole rings is 2. The Kier molecular flexibility index (Phi) is 7.62. The van der Waals surface area contributed by atoms with Crippen molar-refractivity contribution in [2.24, 2.45) is 7.05 Å². The number of para-hydroxylation sites is 4. The molecule has 0 saturated heterocycles. The van der Waals surface area contributed by atoms with Crippen LogP contribution < -0.4 is 0 Å². The predicted molar refractivity (Wildman–Crippen MR) is 242 cm³/mol. The van der Waals surface area contributed by atoms with Gasteiger partial charge < -0.3 is 4.57 Å². The summed E-state index contributed by atoms with van der Waals surface area (Å²) in [6.45, 7) is 0. The van der Waals surface area contributed by atoms with Crippen LogP contribution in [-0.2, 0) is 7.05 Å². The fourth-order valence-electron chi connectivity index (χ4n) is 8.03. The molecule has 8 nitrogen and oxygen atoms in total. The van der Waals surface area contributed by atoms with Gasteiger partial charge in [0.05, 0.1) is 42.5 Å². The zero-order valence-corrected chi connectivity index (χ0v) is 33.1. The van der Waals surface area contributed by atoms with Crippen LogP contribution in [-0.4, -0.2) is 39.0 Å². The molecule has 0 N–H and O–H groups in total. The van der Waals surface area contributed by atoms with Gasteiger partial charge in [0.1, 0.15) is 15.8 Å². The van der Waals surface area contributed by atoms with Gasteiger partial charge in [-0.2, -0.15) is 9.97 Å². The van der Waals surface area contributed by atoms with E-state index in [0.717, 1.165) is 96.9 Å². The average Bonchev–Trinajstić information content (AvgIpc) is 4.08. The zero-order valence-electron chi connectivity index (χ0n) is 31.5. The van der Waals surface area contributed by atoms with E-state index in [1.54, 1.807) is 22.7 Å². The summed E-state index contributed by atoms with van der Waals surface area (Å²) >= 11 is 3.35. The summed E-state index contributed by atoms with van der Waals surface area (Å²) < 4.78 is 6.55. The molecule has 0 aliphatic carbocycles. The normalized spacial score (nSPS) is 11.8. The van der Waals surface area contributed by atoms with Gasteiger partial charge >= 0.3 is 0 Å². The van der Waals surface area contributed by atoms with Crippen molar-refractivity contribution < 1.29 is 0 Å². The minimum atomic E-state index is 0.532. The van der Waals surface area contributed by atoms with Gasteiger partial charge in [-0.1, -0.05) is 91.0 Å². The maximum absolute atomic E-state index is 5.34. The largest absolute Gasteiger partial charge is 0.327 e. The van der Waals surface area contributed by atoms with E-state index < -0.39 is 0 Å². The van der Waals surface area contributed by atoms with Crippen molar-refractivity contribution in [3.8, 4) is 61.3 Å². The number of benzene rings is 7. The van der Waals surface area contributed by atoms with Crippen molar-refractivity contribution in [3.63, 3.8) is 0 Å². The highest BCUT2D eigenvalue weighted by molar-refractivity contribution is 7.22. The van der Waals surface area contributed by atoms with Gasteiger partial charge in [0.25, 0.3) is 0 Å². The molecule has 0 aliphatic heterocycles. The topological polar surface area (TPSA) is 87.2 Å². The van der Waals surface area contributed by atoms with Crippen LogP contribution in [0.3, 0.4) is 0 Å². The van der Waals surface area contributed by atoms with Crippen molar-refractivity contribution in [3.05, 3.63) is 164 Å². The molecule has 0 radical (unpaired) electrons. The van der Waals surface area contributed by atoms with Crippen LogP contribution in [0.15, 0.2) is 164 Å². The Hall–Kier alpha value is -7.40. The first-order chi connectivity index (χ1) is 29.1. The predicted octanol–water partition coefficient (Wildman–Crippen LogP) is 12.4. The van der Waals surface area contributed by atoms with Gasteiger partial charge in [-0.05, 0) is 72.8 Å². The average molecular weight is 795 g/mol. The second-order valence-corrected chi connectivity index (χ2v) is 16.6. The maximum Gasteiger partial charge on any atom is 0.238 e. The Bertz CT molecular complexity index is 3390. The van der Waals surface area contributed by atoms with Crippen LogP contribution in [0.4, 0.5) is 0 Å². The molecule has 0 bridgehead atoms. The Labute approximate surface area is 345 Å². The summed E-state index contributed by atoms with van der Waals surface area (Å²) in [5.74, 6) is 2.54. The van der Waals surface area contributed by atoms with E-state index in [2.05, 4.69) is 150 Å². The molecule has 0 atom stereocenters. The molecule has 7 aromatic carbocycles. The van der Waals surface area contributed by atoms with E-state index >= 15 is 0 Å². The molecular weight excluding hydrogens is 765 g/mol. The number of hydrogen-bond donors (Lipinski definition) is 0. The van der Waals surface area contributed by atoms with E-state index in [1.807, 2.05) is 30.3 Å². The van der Waals surface area contributed by atoms with Crippen molar-refractivity contribution in [1.82, 2.24) is 39.0 Å². The van der Waals surface area contributed by atoms with Crippen LogP contribution in [0, 0.1) is 0 Å². The van der Waals surface area contributed by atoms with E-state index in [1.165, 1.54) is 0 Å². The van der Waals surface area contributed by atoms with Crippen LogP contribution in [0.25, 0.3) is 115 Å². The molecule has 0 spiro atoms. The Morgan fingerprint density at radius 1 is 0.390 bits per heavy atom. The number of aromatic nitrogens is 8. The smallest absolute Gasteiger partial charge is 0.238 e. The van der Waals surface area contributed by atoms with Crippen molar-refractivity contribution in [2.75, 3.05) is 0 Å². The van der Waals surface area contributed by atoms with Gasteiger partial charge in [0.2, 0.25) is 5.95 Å². The minimum absolute atomic E-state index is 0.532. The monoisotopic (exact) mass is 794 g/mol. The molecule has 12 rings (SSSR count). The molecule has 5 aromatic heterocycles. The number of hydrogen-bond acceptors (Lipinski definition) is 8. The van der Waals surface area contributed by atoms with E-state index in [9.17, 15) is 0 Å². The lowest BCUT2D eigenvalue weighted by Gasteiger charge is -2.12. The van der Waals surface area contributed by atoms with Gasteiger partial charge in [0.15, 0.2) is 11.6 Å². The molecule has 12 aromatic rings. The van der Waals surface area contributed by atoms with E-state index in [0.29, 0.717) is 17.6 Å². The SMILES string of the molecule is Cn1c(-c2ccccc2)nc2ccc(-c3nc(-c4cc(-c5nc6ccccc6s5)cc(-c5nc6ccccc6s5)c4)nc(-n4c5ccccc5c5ccccc54)n3)cc21. The van der Waals surface area contributed by atoms with Gasteiger partial charge in [-0.25, -0.2) is 19.9 Å². The number of aryl methyl sites for hydroxylation is 1. The number of imidazole rings is 1. The molecule has 59 heavy (non-hydrogen) atoms. The van der Waals surface area contributed by atoms with Crippen molar-refractivity contribution in [2.45, 2.75) is 0 Å². The Balaban J connectivity index is 1.11. The van der Waals surface area contributed by atoms with Gasteiger partial charge in [0, 0.05) is 45.6 Å². The molecule has 0 saturated carbocycles. The highest BCUT2D eigenvalue weighted by atomic mass is 32.1. The lowest BCUT2D eigenvalue weighted by Crippen LogP contribution is -2.06. The molecule has 0 fully saturated rings. The molecular formula is C49H30N8S2. The fraction of sp³-hybridized carbons (Fsp3) is 0.0204. The highest BCUT2D eigenvalue weighted by Crippen LogP contribution is 2.39. The molecule has 0 aliphatic rings. The standard InChI is InChI=1S/C49H30N8S2/c1-56-41-28-30(23-24-36(41)50-46(56)29-13-3-2-4-14-29)44-53-45(55-49(54-44)57-39-19-9-5-15-34(39)35-16-6-10-20-40(35)57)31-25-32(47-51-37-17-7-11-21-42(37)58-47)27-33(26-31)48-52-38-18-8-12-22-43(38)59-48/h2-28H,1H3. The first-order valence-corrected chi connectivity index (χ1v) is 20.9. The van der Waals surface area contributed by atoms with Gasteiger partial charge in [-0.3, -0.25) is 4.57 Å². The van der Waals surface area contributed by atoms with E-state index in [-0.39, 0.29) is 0 Å². The third-order valence-electron chi connectivity index (χ3n) is 10.8. The summed E-state index contributed by atoms with van der Waals surface area (Å²) in [6, 6.07) is 56.4. The maximum atomic E-state index is 5.34. The summed E-state index contributed by atoms with van der Waals surface area (Å²) in [6.07, 6.45) is 0. The van der Waals surface area contributed by atoms with Crippen LogP contribution in [0.2, 0.25) is 0 Å². The zero-order chi connectivity index (χ0) is 39.0. The number of nitrogens with zero attached hydrogens (tertiary/aromatic N) is 8. The first-order valence-electron chi connectivity index (χ1n) is 19.3. The van der Waals surface area contributed by atoms with Crippen LogP contribution >= 0.6 is 22.7 Å². The molecule has 278 valence electrons. The molecule has 0 amide bonds. The molecule has 5 heterocycles. The van der Waals surface area contributed by atoms with Crippen molar-refractivity contribution in [1.29, 1.82) is 0 Å². The van der Waals surface area contributed by atoms with Gasteiger partial charge in [-0.15, -0.1) is 22.7 Å². The quantitative estimate of drug-likeness (QED) is 0.167.